The van der Waals surface area contributed by atoms with E-state index in [2.05, 4.69) is 10.2 Å². The van der Waals surface area contributed by atoms with Crippen molar-refractivity contribution in [2.45, 2.75) is 6.92 Å². The number of ether oxygens (including phenoxy) is 1. The number of aromatic amines is 1. The van der Waals surface area contributed by atoms with E-state index in [9.17, 15) is 4.79 Å². The molecule has 0 fully saturated rings. The first-order chi connectivity index (χ1) is 7.22. The number of hydrogen-bond donors (Lipinski definition) is 1. The summed E-state index contributed by atoms with van der Waals surface area (Å²) in [5, 5.41) is 7.83. The molecule has 4 nitrogen and oxygen atoms in total. The highest BCUT2D eigenvalue weighted by Crippen LogP contribution is 2.23. The Morgan fingerprint density at radius 3 is 3.13 bits per heavy atom. The highest BCUT2D eigenvalue weighted by Gasteiger charge is 2.12. The van der Waals surface area contributed by atoms with E-state index in [1.165, 1.54) is 0 Å². The van der Waals surface area contributed by atoms with Crippen LogP contribution in [0, 0.1) is 0 Å². The van der Waals surface area contributed by atoms with Crippen LogP contribution in [0.2, 0.25) is 5.02 Å². The summed E-state index contributed by atoms with van der Waals surface area (Å²) in [5.74, 6) is -0.411. The van der Waals surface area contributed by atoms with Crippen LogP contribution < -0.4 is 0 Å². The number of hydrogen-bond acceptors (Lipinski definition) is 3. The fourth-order valence-corrected chi connectivity index (χ4v) is 1.57. The molecule has 0 saturated carbocycles. The van der Waals surface area contributed by atoms with Crippen LogP contribution in [0.4, 0.5) is 0 Å². The number of H-pyrrole nitrogens is 1. The zero-order valence-electron chi connectivity index (χ0n) is 8.08. The maximum absolute atomic E-state index is 11.5. The van der Waals surface area contributed by atoms with Crippen molar-refractivity contribution in [3.05, 3.63) is 28.9 Å². The first-order valence-electron chi connectivity index (χ1n) is 4.52. The van der Waals surface area contributed by atoms with E-state index in [0.717, 1.165) is 10.9 Å². The van der Waals surface area contributed by atoms with Crippen molar-refractivity contribution in [3.8, 4) is 0 Å². The molecular formula is C10H9ClN2O2. The number of halogens is 1. The highest BCUT2D eigenvalue weighted by atomic mass is 35.5. The van der Waals surface area contributed by atoms with Gasteiger partial charge in [0.1, 0.15) is 0 Å². The Morgan fingerprint density at radius 2 is 2.40 bits per heavy atom. The number of nitrogens with zero attached hydrogens (tertiary/aromatic N) is 1. The Hall–Kier alpha value is -1.55. The Morgan fingerprint density at radius 1 is 1.60 bits per heavy atom. The highest BCUT2D eigenvalue weighted by molar-refractivity contribution is 6.34. The van der Waals surface area contributed by atoms with Crippen molar-refractivity contribution in [1.29, 1.82) is 0 Å². The minimum atomic E-state index is -0.411. The molecule has 0 aliphatic rings. The summed E-state index contributed by atoms with van der Waals surface area (Å²) in [5.41, 5.74) is 1.17. The Kier molecular flexibility index (Phi) is 2.60. The molecule has 2 aromatic rings. The third-order valence-corrected chi connectivity index (χ3v) is 2.34. The number of aromatic nitrogens is 2. The first kappa shape index (κ1) is 9.98. The molecule has 0 radical (unpaired) electrons. The average Bonchev–Trinajstić information content (AvgIpc) is 2.63. The van der Waals surface area contributed by atoms with Crippen LogP contribution in [0.15, 0.2) is 18.3 Å². The molecule has 0 spiro atoms. The van der Waals surface area contributed by atoms with E-state index in [0.29, 0.717) is 17.2 Å². The quantitative estimate of drug-likeness (QED) is 0.797. The van der Waals surface area contributed by atoms with Gasteiger partial charge < -0.3 is 4.74 Å². The third-order valence-electron chi connectivity index (χ3n) is 2.02. The van der Waals surface area contributed by atoms with Gasteiger partial charge in [-0.15, -0.1) is 0 Å². The number of benzene rings is 1. The third kappa shape index (κ3) is 1.80. The molecule has 1 aromatic carbocycles. The van der Waals surface area contributed by atoms with Gasteiger partial charge in [0, 0.05) is 5.39 Å². The SMILES string of the molecule is CCOC(=O)c1cc2cn[nH]c2cc1Cl. The standard InChI is InChI=1S/C10H9ClN2O2/c1-2-15-10(14)7-3-6-5-12-13-9(6)4-8(7)11/h3-5H,2H2,1H3,(H,12,13). The van der Waals surface area contributed by atoms with Crippen LogP contribution in [0.3, 0.4) is 0 Å². The molecule has 2 rings (SSSR count). The van der Waals surface area contributed by atoms with E-state index in [4.69, 9.17) is 16.3 Å². The second-order valence-electron chi connectivity index (χ2n) is 3.01. The number of carbonyl (C=O) groups excluding carboxylic acids is 1. The summed E-state index contributed by atoms with van der Waals surface area (Å²) in [6.07, 6.45) is 1.63. The summed E-state index contributed by atoms with van der Waals surface area (Å²) < 4.78 is 4.88. The monoisotopic (exact) mass is 224 g/mol. The number of rotatable bonds is 2. The molecule has 15 heavy (non-hydrogen) atoms. The van der Waals surface area contributed by atoms with Gasteiger partial charge in [0.2, 0.25) is 0 Å². The van der Waals surface area contributed by atoms with Crippen molar-refractivity contribution in [2.24, 2.45) is 0 Å². The van der Waals surface area contributed by atoms with Crippen molar-refractivity contribution in [2.75, 3.05) is 6.61 Å². The number of nitrogens with one attached hydrogen (secondary N) is 1. The zero-order valence-corrected chi connectivity index (χ0v) is 8.84. The maximum Gasteiger partial charge on any atom is 0.339 e. The van der Waals surface area contributed by atoms with Crippen molar-refractivity contribution >= 4 is 28.5 Å². The van der Waals surface area contributed by atoms with Gasteiger partial charge in [0.25, 0.3) is 0 Å². The topological polar surface area (TPSA) is 55.0 Å². The summed E-state index contributed by atoms with van der Waals surface area (Å²) >= 11 is 5.94. The van der Waals surface area contributed by atoms with Gasteiger partial charge in [-0.1, -0.05) is 11.6 Å². The molecule has 0 aliphatic carbocycles. The van der Waals surface area contributed by atoms with E-state index < -0.39 is 5.97 Å². The number of carbonyl (C=O) groups is 1. The lowest BCUT2D eigenvalue weighted by molar-refractivity contribution is 0.0527. The lowest BCUT2D eigenvalue weighted by Crippen LogP contribution is -2.05. The van der Waals surface area contributed by atoms with Gasteiger partial charge in [-0.3, -0.25) is 5.10 Å². The molecule has 78 valence electrons. The molecule has 0 aliphatic heterocycles. The summed E-state index contributed by atoms with van der Waals surface area (Å²) in [7, 11) is 0. The van der Waals surface area contributed by atoms with Crippen LogP contribution in [-0.2, 0) is 4.74 Å². The van der Waals surface area contributed by atoms with Gasteiger partial charge >= 0.3 is 5.97 Å². The maximum atomic E-state index is 11.5. The van der Waals surface area contributed by atoms with Crippen LogP contribution in [0.1, 0.15) is 17.3 Å². The lowest BCUT2D eigenvalue weighted by Gasteiger charge is -2.03. The zero-order chi connectivity index (χ0) is 10.8. The Balaban J connectivity index is 2.50. The van der Waals surface area contributed by atoms with Crippen molar-refractivity contribution in [3.63, 3.8) is 0 Å². The van der Waals surface area contributed by atoms with Gasteiger partial charge in [-0.2, -0.15) is 5.10 Å². The van der Waals surface area contributed by atoms with Crippen molar-refractivity contribution < 1.29 is 9.53 Å². The van der Waals surface area contributed by atoms with E-state index in [1.807, 2.05) is 0 Å². The molecule has 0 atom stereocenters. The van der Waals surface area contributed by atoms with Crippen LogP contribution in [0.5, 0.6) is 0 Å². The van der Waals surface area contributed by atoms with Crippen LogP contribution in [0.25, 0.3) is 10.9 Å². The molecular weight excluding hydrogens is 216 g/mol. The average molecular weight is 225 g/mol. The van der Waals surface area contributed by atoms with E-state index in [-0.39, 0.29) is 0 Å². The molecule has 1 N–H and O–H groups in total. The molecule has 0 saturated heterocycles. The largest absolute Gasteiger partial charge is 0.462 e. The smallest absolute Gasteiger partial charge is 0.339 e. The Bertz CT molecular complexity index is 507. The molecule has 1 heterocycles. The van der Waals surface area contributed by atoms with Crippen LogP contribution >= 0.6 is 11.6 Å². The van der Waals surface area contributed by atoms with Crippen LogP contribution in [-0.4, -0.2) is 22.8 Å². The summed E-state index contributed by atoms with van der Waals surface area (Å²) in [6, 6.07) is 3.33. The van der Waals surface area contributed by atoms with Crippen molar-refractivity contribution in [1.82, 2.24) is 10.2 Å². The normalized spacial score (nSPS) is 10.5. The first-order valence-corrected chi connectivity index (χ1v) is 4.90. The van der Waals surface area contributed by atoms with Gasteiger partial charge in [-0.05, 0) is 19.1 Å². The fourth-order valence-electron chi connectivity index (χ4n) is 1.33. The second kappa shape index (κ2) is 3.90. The number of fused-ring (bicyclic) bond motifs is 1. The molecule has 0 bridgehead atoms. The lowest BCUT2D eigenvalue weighted by atomic mass is 10.1. The predicted molar refractivity (Wildman–Crippen MR) is 57.1 cm³/mol. The minimum absolute atomic E-state index is 0.332. The minimum Gasteiger partial charge on any atom is -0.462 e. The van der Waals surface area contributed by atoms with Gasteiger partial charge in [-0.25, -0.2) is 4.79 Å². The summed E-state index contributed by atoms with van der Waals surface area (Å²) in [6.45, 7) is 2.08. The van der Waals surface area contributed by atoms with Gasteiger partial charge in [0.15, 0.2) is 0 Å². The second-order valence-corrected chi connectivity index (χ2v) is 3.42. The molecule has 0 unspecified atom stereocenters. The number of esters is 1. The Labute approximate surface area is 91.2 Å². The van der Waals surface area contributed by atoms with E-state index >= 15 is 0 Å². The van der Waals surface area contributed by atoms with Gasteiger partial charge in [0.05, 0.1) is 28.9 Å². The molecule has 1 aromatic heterocycles. The fraction of sp³-hybridized carbons (Fsp3) is 0.200. The molecule has 5 heteroatoms. The summed E-state index contributed by atoms with van der Waals surface area (Å²) in [4.78, 5) is 11.5. The molecule has 0 amide bonds. The van der Waals surface area contributed by atoms with E-state index in [1.54, 1.807) is 25.3 Å². The predicted octanol–water partition coefficient (Wildman–Crippen LogP) is 2.39.